The van der Waals surface area contributed by atoms with E-state index in [2.05, 4.69) is 58.2 Å². The van der Waals surface area contributed by atoms with Crippen LogP contribution in [-0.4, -0.2) is 44.1 Å². The van der Waals surface area contributed by atoms with E-state index in [0.29, 0.717) is 12.5 Å². The molecule has 0 radical (unpaired) electrons. The molecule has 0 saturated carbocycles. The van der Waals surface area contributed by atoms with Crippen molar-refractivity contribution in [3.05, 3.63) is 28.2 Å². The fourth-order valence-corrected chi connectivity index (χ4v) is 3.15. The van der Waals surface area contributed by atoms with Gasteiger partial charge in [0.15, 0.2) is 0 Å². The molecule has 1 saturated heterocycles. The Morgan fingerprint density at radius 2 is 2.29 bits per heavy atom. The van der Waals surface area contributed by atoms with Crippen LogP contribution < -0.4 is 10.2 Å². The highest BCUT2D eigenvalue weighted by Gasteiger charge is 2.21. The number of aliphatic hydroxyl groups is 1. The number of morpholine rings is 1. The zero-order valence-corrected chi connectivity index (χ0v) is 14.4. The van der Waals surface area contributed by atoms with E-state index in [-0.39, 0.29) is 12.7 Å². The Bertz CT molecular complexity index is 454. The molecule has 4 nitrogen and oxygen atoms in total. The van der Waals surface area contributed by atoms with Gasteiger partial charge < -0.3 is 20.1 Å². The molecule has 1 aromatic rings. The second-order valence-corrected chi connectivity index (χ2v) is 6.79. The summed E-state index contributed by atoms with van der Waals surface area (Å²) in [6, 6.07) is 6.49. The van der Waals surface area contributed by atoms with Crippen LogP contribution in [0.15, 0.2) is 22.7 Å². The molecule has 1 fully saturated rings. The molecule has 2 N–H and O–H groups in total. The molecule has 118 valence electrons. The van der Waals surface area contributed by atoms with Gasteiger partial charge in [-0.05, 0) is 46.1 Å². The Kier molecular flexibility index (Phi) is 6.48. The number of aliphatic hydroxyl groups excluding tert-OH is 1. The summed E-state index contributed by atoms with van der Waals surface area (Å²) >= 11 is 3.67. The molecule has 0 bridgehead atoms. The van der Waals surface area contributed by atoms with Crippen molar-refractivity contribution in [2.75, 3.05) is 37.7 Å². The van der Waals surface area contributed by atoms with Crippen molar-refractivity contribution in [2.24, 2.45) is 5.92 Å². The van der Waals surface area contributed by atoms with E-state index in [9.17, 15) is 5.11 Å². The van der Waals surface area contributed by atoms with E-state index in [1.165, 1.54) is 11.3 Å². The summed E-state index contributed by atoms with van der Waals surface area (Å²) < 4.78 is 6.60. The Balaban J connectivity index is 1.98. The average molecular weight is 357 g/mol. The molecule has 0 aliphatic carbocycles. The van der Waals surface area contributed by atoms with Crippen molar-refractivity contribution in [1.82, 2.24) is 5.32 Å². The fourth-order valence-electron chi connectivity index (χ4n) is 2.47. The molecule has 1 heterocycles. The number of rotatable bonds is 6. The van der Waals surface area contributed by atoms with Crippen LogP contribution in [-0.2, 0) is 11.3 Å². The summed E-state index contributed by atoms with van der Waals surface area (Å²) in [6.45, 7) is 8.67. The lowest BCUT2D eigenvalue weighted by Gasteiger charge is -2.34. The van der Waals surface area contributed by atoms with Crippen molar-refractivity contribution in [2.45, 2.75) is 26.5 Å². The van der Waals surface area contributed by atoms with Gasteiger partial charge in [0.2, 0.25) is 0 Å². The quantitative estimate of drug-likeness (QED) is 0.821. The molecule has 1 aliphatic heterocycles. The molecular formula is C16H25BrN2O2. The normalized spacial score (nSPS) is 19.3. The van der Waals surface area contributed by atoms with Crippen LogP contribution in [0.25, 0.3) is 0 Å². The fraction of sp³-hybridized carbons (Fsp3) is 0.625. The molecule has 0 aromatic heterocycles. The smallest absolute Gasteiger partial charge is 0.0980 e. The van der Waals surface area contributed by atoms with E-state index < -0.39 is 0 Å². The van der Waals surface area contributed by atoms with Gasteiger partial charge in [-0.2, -0.15) is 0 Å². The largest absolute Gasteiger partial charge is 0.394 e. The number of nitrogens with one attached hydrogen (secondary N) is 1. The van der Waals surface area contributed by atoms with Crippen LogP contribution in [0, 0.1) is 5.92 Å². The van der Waals surface area contributed by atoms with Gasteiger partial charge in [0, 0.05) is 24.1 Å². The molecular weight excluding hydrogens is 332 g/mol. The Labute approximate surface area is 135 Å². The Morgan fingerprint density at radius 3 is 2.95 bits per heavy atom. The molecule has 1 atom stereocenters. The van der Waals surface area contributed by atoms with Crippen molar-refractivity contribution in [1.29, 1.82) is 0 Å². The first-order valence-corrected chi connectivity index (χ1v) is 8.36. The van der Waals surface area contributed by atoms with Gasteiger partial charge in [0.25, 0.3) is 0 Å². The van der Waals surface area contributed by atoms with E-state index in [4.69, 9.17) is 4.74 Å². The van der Waals surface area contributed by atoms with Crippen molar-refractivity contribution >= 4 is 21.6 Å². The van der Waals surface area contributed by atoms with Crippen LogP contribution in [0.3, 0.4) is 0 Å². The van der Waals surface area contributed by atoms with Crippen LogP contribution in [0.2, 0.25) is 0 Å². The Morgan fingerprint density at radius 1 is 1.48 bits per heavy atom. The molecule has 1 unspecified atom stereocenters. The van der Waals surface area contributed by atoms with Crippen LogP contribution in [0.5, 0.6) is 0 Å². The molecule has 1 aliphatic rings. The van der Waals surface area contributed by atoms with Crippen LogP contribution in [0.1, 0.15) is 19.4 Å². The lowest BCUT2D eigenvalue weighted by molar-refractivity contribution is 0.00353. The SMILES string of the molecule is CC(C)CNCc1ccc(N2CCOC(CO)C2)c(Br)c1. The molecule has 2 rings (SSSR count). The third-order valence-corrected chi connectivity index (χ3v) is 4.21. The summed E-state index contributed by atoms with van der Waals surface area (Å²) in [5.74, 6) is 0.663. The molecule has 1 aromatic carbocycles. The number of hydrogen-bond donors (Lipinski definition) is 2. The summed E-state index contributed by atoms with van der Waals surface area (Å²) in [5, 5.41) is 12.7. The molecule has 0 amide bonds. The monoisotopic (exact) mass is 356 g/mol. The van der Waals surface area contributed by atoms with E-state index in [1.807, 2.05) is 0 Å². The van der Waals surface area contributed by atoms with Gasteiger partial charge in [0.1, 0.15) is 0 Å². The number of ether oxygens (including phenoxy) is 1. The number of benzene rings is 1. The molecule has 0 spiro atoms. The van der Waals surface area contributed by atoms with Crippen molar-refractivity contribution < 1.29 is 9.84 Å². The average Bonchev–Trinajstić information content (AvgIpc) is 2.47. The van der Waals surface area contributed by atoms with Gasteiger partial charge in [-0.25, -0.2) is 0 Å². The third kappa shape index (κ3) is 4.95. The summed E-state index contributed by atoms with van der Waals surface area (Å²) in [7, 11) is 0. The van der Waals surface area contributed by atoms with E-state index in [0.717, 1.165) is 30.7 Å². The highest BCUT2D eigenvalue weighted by Crippen LogP contribution is 2.28. The topological polar surface area (TPSA) is 44.7 Å². The van der Waals surface area contributed by atoms with Crippen molar-refractivity contribution in [3.8, 4) is 0 Å². The van der Waals surface area contributed by atoms with Crippen molar-refractivity contribution in [3.63, 3.8) is 0 Å². The summed E-state index contributed by atoms with van der Waals surface area (Å²) in [6.07, 6.45) is -0.0852. The maximum atomic E-state index is 9.24. The number of halogens is 1. The first-order chi connectivity index (χ1) is 10.1. The van der Waals surface area contributed by atoms with Gasteiger partial charge >= 0.3 is 0 Å². The lowest BCUT2D eigenvalue weighted by atomic mass is 10.1. The minimum atomic E-state index is -0.0852. The predicted molar refractivity (Wildman–Crippen MR) is 89.7 cm³/mol. The number of nitrogens with zero attached hydrogens (tertiary/aromatic N) is 1. The molecule has 5 heteroatoms. The maximum absolute atomic E-state index is 9.24. The second-order valence-electron chi connectivity index (χ2n) is 5.93. The van der Waals surface area contributed by atoms with Gasteiger partial charge in [-0.3, -0.25) is 0 Å². The highest BCUT2D eigenvalue weighted by atomic mass is 79.9. The Hall–Kier alpha value is -0.620. The highest BCUT2D eigenvalue weighted by molar-refractivity contribution is 9.10. The zero-order chi connectivity index (χ0) is 15.2. The lowest BCUT2D eigenvalue weighted by Crippen LogP contribution is -2.44. The van der Waals surface area contributed by atoms with Crippen LogP contribution in [0.4, 0.5) is 5.69 Å². The second kappa shape index (κ2) is 8.13. The summed E-state index contributed by atoms with van der Waals surface area (Å²) in [5.41, 5.74) is 2.45. The predicted octanol–water partition coefficient (Wildman–Crippen LogP) is 2.39. The van der Waals surface area contributed by atoms with Gasteiger partial charge in [0.05, 0.1) is 25.0 Å². The standard InChI is InChI=1S/C16H25BrN2O2/c1-12(2)8-18-9-13-3-4-16(15(17)7-13)19-5-6-21-14(10-19)11-20/h3-4,7,12,14,18,20H,5-6,8-11H2,1-2H3. The maximum Gasteiger partial charge on any atom is 0.0980 e. The minimum Gasteiger partial charge on any atom is -0.394 e. The summed E-state index contributed by atoms with van der Waals surface area (Å²) in [4.78, 5) is 2.26. The molecule has 21 heavy (non-hydrogen) atoms. The first kappa shape index (κ1) is 16.7. The van der Waals surface area contributed by atoms with Crippen LogP contribution >= 0.6 is 15.9 Å². The van der Waals surface area contributed by atoms with Gasteiger partial charge in [-0.15, -0.1) is 0 Å². The van der Waals surface area contributed by atoms with E-state index in [1.54, 1.807) is 0 Å². The van der Waals surface area contributed by atoms with E-state index >= 15 is 0 Å². The number of hydrogen-bond acceptors (Lipinski definition) is 4. The first-order valence-electron chi connectivity index (χ1n) is 7.56. The third-order valence-electron chi connectivity index (χ3n) is 3.58. The van der Waals surface area contributed by atoms with Gasteiger partial charge in [-0.1, -0.05) is 19.9 Å². The zero-order valence-electron chi connectivity index (χ0n) is 12.8. The number of anilines is 1. The minimum absolute atomic E-state index is 0.0747.